The Balaban J connectivity index is 2.24. The first-order valence-electron chi connectivity index (χ1n) is 4.94. The van der Waals surface area contributed by atoms with Crippen molar-refractivity contribution in [2.75, 3.05) is 36.9 Å². The minimum Gasteiger partial charge on any atom is -0.301 e. The lowest BCUT2D eigenvalue weighted by atomic mass is 10.1. The second-order valence-corrected chi connectivity index (χ2v) is 5.67. The topological polar surface area (TPSA) is 20.3 Å². The van der Waals surface area contributed by atoms with Crippen LogP contribution < -0.4 is 0 Å². The zero-order valence-electron chi connectivity index (χ0n) is 8.24. The summed E-state index contributed by atoms with van der Waals surface area (Å²) in [6.07, 6.45) is 1.20. The summed E-state index contributed by atoms with van der Waals surface area (Å²) in [7, 11) is -0.540. The summed E-state index contributed by atoms with van der Waals surface area (Å²) >= 11 is 4.33. The van der Waals surface area contributed by atoms with Crippen molar-refractivity contribution in [2.45, 2.75) is 13.3 Å². The first kappa shape index (κ1) is 11.5. The van der Waals surface area contributed by atoms with E-state index in [1.807, 2.05) is 0 Å². The maximum absolute atomic E-state index is 11.1. The molecule has 4 heteroatoms. The molecule has 1 aliphatic heterocycles. The molecule has 1 unspecified atom stereocenters. The highest BCUT2D eigenvalue weighted by molar-refractivity contribution is 7.85. The van der Waals surface area contributed by atoms with Crippen molar-refractivity contribution >= 4 is 23.4 Å². The van der Waals surface area contributed by atoms with E-state index in [9.17, 15) is 4.21 Å². The molecule has 1 aliphatic rings. The van der Waals surface area contributed by atoms with Gasteiger partial charge < -0.3 is 4.90 Å². The van der Waals surface area contributed by atoms with Crippen LogP contribution in [0.15, 0.2) is 0 Å². The largest absolute Gasteiger partial charge is 0.301 e. The van der Waals surface area contributed by atoms with E-state index in [4.69, 9.17) is 0 Å². The maximum Gasteiger partial charge on any atom is 0.0363 e. The van der Waals surface area contributed by atoms with Gasteiger partial charge in [-0.25, -0.2) is 0 Å². The molecule has 0 aromatic heterocycles. The molecule has 0 amide bonds. The number of hydrogen-bond acceptors (Lipinski definition) is 3. The van der Waals surface area contributed by atoms with E-state index in [-0.39, 0.29) is 0 Å². The van der Waals surface area contributed by atoms with Crippen LogP contribution in [0.4, 0.5) is 0 Å². The average Bonchev–Trinajstić information content (AvgIpc) is 2.17. The first-order chi connectivity index (χ1) is 6.26. The summed E-state index contributed by atoms with van der Waals surface area (Å²) < 4.78 is 11.1. The Bertz CT molecular complexity index is 161. The van der Waals surface area contributed by atoms with Gasteiger partial charge in [0, 0.05) is 41.9 Å². The van der Waals surface area contributed by atoms with Gasteiger partial charge >= 0.3 is 0 Å². The van der Waals surface area contributed by atoms with Gasteiger partial charge in [-0.2, -0.15) is 12.6 Å². The molecule has 2 nitrogen and oxygen atoms in total. The van der Waals surface area contributed by atoms with Gasteiger partial charge in [0.25, 0.3) is 0 Å². The second-order valence-electron chi connectivity index (χ2n) is 3.61. The molecule has 13 heavy (non-hydrogen) atoms. The molecule has 1 atom stereocenters. The summed E-state index contributed by atoms with van der Waals surface area (Å²) in [4.78, 5) is 2.42. The quantitative estimate of drug-likeness (QED) is 0.715. The van der Waals surface area contributed by atoms with Crippen molar-refractivity contribution in [3.63, 3.8) is 0 Å². The van der Waals surface area contributed by atoms with Gasteiger partial charge in [-0.05, 0) is 11.7 Å². The van der Waals surface area contributed by atoms with Gasteiger partial charge in [-0.3, -0.25) is 4.21 Å². The molecule has 0 spiro atoms. The van der Waals surface area contributed by atoms with Gasteiger partial charge in [0.15, 0.2) is 0 Å². The van der Waals surface area contributed by atoms with Crippen LogP contribution in [0.1, 0.15) is 13.3 Å². The molecular weight excluding hydrogens is 202 g/mol. The molecule has 0 bridgehead atoms. The molecule has 0 saturated carbocycles. The summed E-state index contributed by atoms with van der Waals surface area (Å²) in [5, 5.41) is 0. The van der Waals surface area contributed by atoms with E-state index in [0.29, 0.717) is 5.92 Å². The van der Waals surface area contributed by atoms with Crippen molar-refractivity contribution in [1.82, 2.24) is 4.90 Å². The zero-order valence-corrected chi connectivity index (χ0v) is 9.95. The van der Waals surface area contributed by atoms with Crippen LogP contribution in [0, 0.1) is 5.92 Å². The smallest absolute Gasteiger partial charge is 0.0363 e. The molecule has 0 N–H and O–H groups in total. The van der Waals surface area contributed by atoms with E-state index >= 15 is 0 Å². The number of thiol groups is 1. The van der Waals surface area contributed by atoms with Crippen LogP contribution >= 0.6 is 12.6 Å². The maximum atomic E-state index is 11.1. The first-order valence-corrected chi connectivity index (χ1v) is 7.06. The van der Waals surface area contributed by atoms with Crippen molar-refractivity contribution in [3.05, 3.63) is 0 Å². The second kappa shape index (κ2) is 6.04. The summed E-state index contributed by atoms with van der Waals surface area (Å²) in [6, 6.07) is 0. The normalized spacial score (nSPS) is 23.2. The minimum absolute atomic E-state index is 0.540. The summed E-state index contributed by atoms with van der Waals surface area (Å²) in [5.41, 5.74) is 0. The number of hydrogen-bond donors (Lipinski definition) is 1. The fourth-order valence-corrected chi connectivity index (χ4v) is 3.04. The lowest BCUT2D eigenvalue weighted by Gasteiger charge is -2.29. The van der Waals surface area contributed by atoms with Crippen molar-refractivity contribution in [3.8, 4) is 0 Å². The van der Waals surface area contributed by atoms with E-state index in [1.165, 1.54) is 6.42 Å². The third kappa shape index (κ3) is 4.00. The Morgan fingerprint density at radius 1 is 1.46 bits per heavy atom. The number of nitrogens with zero attached hydrogens (tertiary/aromatic N) is 1. The Hall–Kier alpha value is 0.460. The third-order valence-corrected chi connectivity index (χ3v) is 4.41. The summed E-state index contributed by atoms with van der Waals surface area (Å²) in [6.45, 7) is 5.37. The van der Waals surface area contributed by atoms with Gasteiger partial charge in [0.05, 0.1) is 0 Å². The fraction of sp³-hybridized carbons (Fsp3) is 1.00. The van der Waals surface area contributed by atoms with E-state index in [0.717, 1.165) is 36.9 Å². The Morgan fingerprint density at radius 3 is 2.54 bits per heavy atom. The Labute approximate surface area is 88.9 Å². The Kier molecular flexibility index (Phi) is 5.36. The number of rotatable bonds is 4. The highest BCUT2D eigenvalue weighted by Gasteiger charge is 2.17. The molecule has 0 aromatic carbocycles. The molecule has 1 heterocycles. The molecular formula is C9H19NOS2. The van der Waals surface area contributed by atoms with E-state index in [1.54, 1.807) is 0 Å². The van der Waals surface area contributed by atoms with Crippen molar-refractivity contribution in [1.29, 1.82) is 0 Å². The van der Waals surface area contributed by atoms with Crippen LogP contribution in [0.2, 0.25) is 0 Å². The van der Waals surface area contributed by atoms with Gasteiger partial charge in [0.2, 0.25) is 0 Å². The highest BCUT2D eigenvalue weighted by atomic mass is 32.2. The highest BCUT2D eigenvalue weighted by Crippen LogP contribution is 2.09. The lowest BCUT2D eigenvalue weighted by Crippen LogP contribution is -2.40. The molecule has 1 rings (SSSR count). The van der Waals surface area contributed by atoms with Gasteiger partial charge in [0.1, 0.15) is 0 Å². The predicted molar refractivity (Wildman–Crippen MR) is 62.0 cm³/mol. The van der Waals surface area contributed by atoms with Crippen molar-refractivity contribution in [2.24, 2.45) is 5.92 Å². The standard InChI is InChI=1S/C9H19NOS2/c1-2-9(8-12)7-10-3-5-13(11)6-4-10/h9,12H,2-8H2,1H3. The molecule has 0 radical (unpaired) electrons. The van der Waals surface area contributed by atoms with Crippen LogP contribution in [0.3, 0.4) is 0 Å². The Morgan fingerprint density at radius 2 is 2.08 bits per heavy atom. The minimum atomic E-state index is -0.540. The molecule has 78 valence electrons. The summed E-state index contributed by atoms with van der Waals surface area (Å²) in [5.74, 6) is 3.40. The monoisotopic (exact) mass is 221 g/mol. The SMILES string of the molecule is CCC(CS)CN1CCS(=O)CC1. The predicted octanol–water partition coefficient (Wildman–Crippen LogP) is 1.01. The molecule has 0 aromatic rings. The molecule has 0 aliphatic carbocycles. The molecule has 1 saturated heterocycles. The van der Waals surface area contributed by atoms with E-state index in [2.05, 4.69) is 24.5 Å². The lowest BCUT2D eigenvalue weighted by molar-refractivity contribution is 0.257. The van der Waals surface area contributed by atoms with Gasteiger partial charge in [-0.1, -0.05) is 13.3 Å². The van der Waals surface area contributed by atoms with E-state index < -0.39 is 10.8 Å². The van der Waals surface area contributed by atoms with Crippen LogP contribution in [0.5, 0.6) is 0 Å². The van der Waals surface area contributed by atoms with Gasteiger partial charge in [-0.15, -0.1) is 0 Å². The molecule has 1 fully saturated rings. The van der Waals surface area contributed by atoms with Crippen LogP contribution in [-0.2, 0) is 10.8 Å². The van der Waals surface area contributed by atoms with Crippen LogP contribution in [0.25, 0.3) is 0 Å². The fourth-order valence-electron chi connectivity index (χ4n) is 1.54. The van der Waals surface area contributed by atoms with Crippen LogP contribution in [-0.4, -0.2) is 46.0 Å². The van der Waals surface area contributed by atoms with Crippen molar-refractivity contribution < 1.29 is 4.21 Å². The average molecular weight is 221 g/mol. The zero-order chi connectivity index (χ0) is 9.68. The third-order valence-electron chi connectivity index (χ3n) is 2.62.